The Bertz CT molecular complexity index is 1670. The van der Waals surface area contributed by atoms with Gasteiger partial charge in [-0.15, -0.1) is 0 Å². The molecule has 0 saturated heterocycles. The first-order valence-corrected chi connectivity index (χ1v) is 13.7. The van der Waals surface area contributed by atoms with Gasteiger partial charge in [-0.25, -0.2) is 14.4 Å². The quantitative estimate of drug-likeness (QED) is 0.202. The standard InChI is InChI=1S/C32H32N2O13/c1-17(35)44-23-13-7-19(15-25(23)42-5)31(40)46-27(29(37)33-21-9-11-22(12-10-21)34(3)4)28(30(38)39)47-32(41)20-8-14-24(45-18(2)36)26(16-20)43-6/h7-16,27-28H,1-6H3,(H,33,37)(H,38,39)/t27-,28-/m1/s1. The number of benzene rings is 3. The number of amides is 1. The molecule has 0 spiro atoms. The van der Waals surface area contributed by atoms with Crippen molar-refractivity contribution in [3.05, 3.63) is 71.8 Å². The Kier molecular flexibility index (Phi) is 11.8. The smallest absolute Gasteiger partial charge is 0.349 e. The van der Waals surface area contributed by atoms with E-state index < -0.39 is 48.0 Å². The van der Waals surface area contributed by atoms with Gasteiger partial charge in [0.05, 0.1) is 25.3 Å². The number of nitrogens with one attached hydrogen (secondary N) is 1. The number of anilines is 2. The summed E-state index contributed by atoms with van der Waals surface area (Å²) in [6.07, 6.45) is -4.58. The van der Waals surface area contributed by atoms with Crippen LogP contribution >= 0.6 is 0 Å². The molecule has 0 saturated carbocycles. The summed E-state index contributed by atoms with van der Waals surface area (Å²) in [5.74, 6) is -6.82. The molecule has 47 heavy (non-hydrogen) atoms. The van der Waals surface area contributed by atoms with Crippen molar-refractivity contribution >= 4 is 47.1 Å². The van der Waals surface area contributed by atoms with Crippen LogP contribution in [-0.4, -0.2) is 81.4 Å². The average Bonchev–Trinajstić information content (AvgIpc) is 3.02. The fraction of sp³-hybridized carbons (Fsp3) is 0.250. The Balaban J connectivity index is 1.98. The number of nitrogens with zero attached hydrogens (tertiary/aromatic N) is 1. The molecule has 0 aromatic heterocycles. The fourth-order valence-electron chi connectivity index (χ4n) is 3.98. The summed E-state index contributed by atoms with van der Waals surface area (Å²) < 4.78 is 30.9. The maximum atomic E-state index is 13.5. The molecule has 0 aliphatic rings. The first-order chi connectivity index (χ1) is 22.2. The first-order valence-electron chi connectivity index (χ1n) is 13.7. The van der Waals surface area contributed by atoms with Crippen LogP contribution in [0.5, 0.6) is 23.0 Å². The Hall–Kier alpha value is -6.12. The van der Waals surface area contributed by atoms with E-state index in [4.69, 9.17) is 28.4 Å². The number of hydrogen-bond acceptors (Lipinski definition) is 13. The molecule has 0 heterocycles. The Labute approximate surface area is 268 Å². The highest BCUT2D eigenvalue weighted by Gasteiger charge is 2.41. The highest BCUT2D eigenvalue weighted by molar-refractivity contribution is 6.02. The van der Waals surface area contributed by atoms with Gasteiger partial charge in [0.15, 0.2) is 23.0 Å². The molecule has 0 unspecified atom stereocenters. The van der Waals surface area contributed by atoms with E-state index in [0.29, 0.717) is 0 Å². The fourth-order valence-corrected chi connectivity index (χ4v) is 3.98. The summed E-state index contributed by atoms with van der Waals surface area (Å²) in [5, 5.41) is 12.5. The number of aliphatic carboxylic acids is 1. The molecule has 3 rings (SSSR count). The van der Waals surface area contributed by atoms with Gasteiger partial charge < -0.3 is 43.7 Å². The number of methoxy groups -OCH3 is 2. The van der Waals surface area contributed by atoms with Gasteiger partial charge in [-0.3, -0.25) is 14.4 Å². The van der Waals surface area contributed by atoms with Crippen LogP contribution in [0, 0.1) is 0 Å². The summed E-state index contributed by atoms with van der Waals surface area (Å²) in [6, 6.07) is 13.5. The van der Waals surface area contributed by atoms with Gasteiger partial charge in [0.2, 0.25) is 12.2 Å². The third-order valence-electron chi connectivity index (χ3n) is 6.20. The minimum absolute atomic E-state index is 0.0143. The zero-order chi connectivity index (χ0) is 34.8. The van der Waals surface area contributed by atoms with Crippen LogP contribution < -0.4 is 29.2 Å². The predicted octanol–water partition coefficient (Wildman–Crippen LogP) is 3.09. The number of carbonyl (C=O) groups is 6. The van der Waals surface area contributed by atoms with E-state index in [2.05, 4.69) is 5.32 Å². The third-order valence-corrected chi connectivity index (χ3v) is 6.20. The average molecular weight is 653 g/mol. The van der Waals surface area contributed by atoms with Crippen LogP contribution in [0.3, 0.4) is 0 Å². The molecule has 0 radical (unpaired) electrons. The van der Waals surface area contributed by atoms with Gasteiger partial charge in [0.1, 0.15) is 0 Å². The van der Waals surface area contributed by atoms with Crippen molar-refractivity contribution in [2.75, 3.05) is 38.5 Å². The maximum Gasteiger partial charge on any atom is 0.349 e. The summed E-state index contributed by atoms with van der Waals surface area (Å²) >= 11 is 0. The van der Waals surface area contributed by atoms with Crippen LogP contribution in [0.4, 0.5) is 11.4 Å². The predicted molar refractivity (Wildman–Crippen MR) is 164 cm³/mol. The number of rotatable bonds is 13. The molecule has 3 aromatic rings. The number of carboxylic acids is 1. The second-order valence-corrected chi connectivity index (χ2v) is 9.84. The van der Waals surface area contributed by atoms with Crippen LogP contribution in [0.25, 0.3) is 0 Å². The number of hydrogen-bond donors (Lipinski definition) is 2. The SMILES string of the molecule is COc1cc(C(=O)O[C@@H](C(=O)O)[C@@H](OC(=O)c2ccc(OC(C)=O)c(OC)c2)C(=O)Nc2ccc(N(C)C)cc2)ccc1OC(C)=O. The van der Waals surface area contributed by atoms with E-state index in [1.54, 1.807) is 12.1 Å². The molecular weight excluding hydrogens is 620 g/mol. The van der Waals surface area contributed by atoms with Crippen LogP contribution in [0.15, 0.2) is 60.7 Å². The topological polar surface area (TPSA) is 193 Å². The lowest BCUT2D eigenvalue weighted by molar-refractivity contribution is -0.157. The van der Waals surface area contributed by atoms with E-state index in [9.17, 15) is 33.9 Å². The van der Waals surface area contributed by atoms with Crippen molar-refractivity contribution in [2.45, 2.75) is 26.1 Å². The summed E-state index contributed by atoms with van der Waals surface area (Å²) in [6.45, 7) is 2.32. The maximum absolute atomic E-state index is 13.5. The van der Waals surface area contributed by atoms with Crippen molar-refractivity contribution < 1.29 is 62.3 Å². The summed E-state index contributed by atoms with van der Waals surface area (Å²) in [5.41, 5.74) is 0.562. The zero-order valence-electron chi connectivity index (χ0n) is 26.2. The van der Waals surface area contributed by atoms with E-state index in [-0.39, 0.29) is 39.8 Å². The van der Waals surface area contributed by atoms with E-state index in [1.165, 1.54) is 50.6 Å². The van der Waals surface area contributed by atoms with E-state index in [1.807, 2.05) is 19.0 Å². The monoisotopic (exact) mass is 652 g/mol. The Morgan fingerprint density at radius 2 is 1.11 bits per heavy atom. The van der Waals surface area contributed by atoms with Crippen LogP contribution in [-0.2, 0) is 28.7 Å². The highest BCUT2D eigenvalue weighted by atomic mass is 16.6. The molecule has 2 atom stereocenters. The van der Waals surface area contributed by atoms with Crippen molar-refractivity contribution in [3.63, 3.8) is 0 Å². The molecule has 1 amide bonds. The van der Waals surface area contributed by atoms with Crippen LogP contribution in [0.2, 0.25) is 0 Å². The molecule has 3 aromatic carbocycles. The van der Waals surface area contributed by atoms with Gasteiger partial charge in [-0.05, 0) is 60.7 Å². The zero-order valence-corrected chi connectivity index (χ0v) is 26.2. The van der Waals surface area contributed by atoms with Crippen LogP contribution in [0.1, 0.15) is 34.6 Å². The number of carbonyl (C=O) groups excluding carboxylic acids is 5. The molecular formula is C32H32N2O13. The van der Waals surface area contributed by atoms with E-state index >= 15 is 0 Å². The Morgan fingerprint density at radius 1 is 0.660 bits per heavy atom. The van der Waals surface area contributed by atoms with Gasteiger partial charge >= 0.3 is 29.8 Å². The Morgan fingerprint density at radius 3 is 1.49 bits per heavy atom. The normalized spacial score (nSPS) is 11.6. The van der Waals surface area contributed by atoms with Crippen molar-refractivity contribution in [1.29, 1.82) is 0 Å². The minimum Gasteiger partial charge on any atom is -0.493 e. The van der Waals surface area contributed by atoms with Crippen molar-refractivity contribution in [2.24, 2.45) is 0 Å². The number of ether oxygens (including phenoxy) is 6. The van der Waals surface area contributed by atoms with E-state index in [0.717, 1.165) is 31.7 Å². The van der Waals surface area contributed by atoms with Gasteiger partial charge in [0.25, 0.3) is 5.91 Å². The van der Waals surface area contributed by atoms with Gasteiger partial charge in [-0.1, -0.05) is 0 Å². The van der Waals surface area contributed by atoms with Gasteiger partial charge in [-0.2, -0.15) is 0 Å². The number of carboxylic acid groups (broad SMARTS) is 1. The van der Waals surface area contributed by atoms with Gasteiger partial charge in [0, 0.05) is 39.3 Å². The lowest BCUT2D eigenvalue weighted by Crippen LogP contribution is -2.48. The molecule has 0 aliphatic carbocycles. The molecule has 15 heteroatoms. The summed E-state index contributed by atoms with van der Waals surface area (Å²) in [7, 11) is 6.11. The van der Waals surface area contributed by atoms with Crippen molar-refractivity contribution in [1.82, 2.24) is 0 Å². The third kappa shape index (κ3) is 9.43. The van der Waals surface area contributed by atoms with Crippen molar-refractivity contribution in [3.8, 4) is 23.0 Å². The molecule has 248 valence electrons. The first kappa shape index (κ1) is 35.4. The lowest BCUT2D eigenvalue weighted by Gasteiger charge is -2.24. The highest BCUT2D eigenvalue weighted by Crippen LogP contribution is 2.30. The minimum atomic E-state index is -2.35. The molecule has 0 aliphatic heterocycles. The molecule has 0 bridgehead atoms. The second kappa shape index (κ2) is 15.7. The summed E-state index contributed by atoms with van der Waals surface area (Å²) in [4.78, 5) is 76.9. The largest absolute Gasteiger partial charge is 0.493 e. The lowest BCUT2D eigenvalue weighted by atomic mass is 10.1. The molecule has 2 N–H and O–H groups in total. The molecule has 15 nitrogen and oxygen atoms in total. The molecule has 0 fully saturated rings. The number of esters is 4. The second-order valence-electron chi connectivity index (χ2n) is 9.84.